The number of aliphatic hydroxyl groups excluding tert-OH is 2. The molecular weight excluding hydrogens is 1120 g/mol. The average molecular weight is 1200 g/mol. The highest BCUT2D eigenvalue weighted by atomic mass is 16.4. The zero-order chi connectivity index (χ0) is 63.4. The molecule has 11 atom stereocenters. The lowest BCUT2D eigenvalue weighted by molar-refractivity contribution is -0.144. The summed E-state index contributed by atoms with van der Waals surface area (Å²) in [5.41, 5.74) is 19.5. The Bertz CT molecular complexity index is 3100. The van der Waals surface area contributed by atoms with Crippen LogP contribution in [0.5, 0.6) is 0 Å². The fourth-order valence-corrected chi connectivity index (χ4v) is 9.81. The van der Waals surface area contributed by atoms with E-state index in [1.807, 2.05) is 0 Å². The Morgan fingerprint density at radius 1 is 0.640 bits per heavy atom. The SMILES string of the molecule is CC[C@H](C)[C@H](NC(=O)[C@@H]1CCCN1C(=O)[C@H](CCC(=O)O)NC(=O)[C@H](Cc1c[nH]c2ccccc12)NC(=O)[C@@H](NC(=O)[C@H](Cc1c[nH]c2ccccc12)NC(=O)[C@@H](N)CCCN=C(N)N)[C@@H](C)O)C(=O)N[C@@H](CO)C(=O)N[C@@H](CCC(=O)O)C(=O)O. The number of carboxylic acid groups (broad SMARTS) is 3. The third-order valence-corrected chi connectivity index (χ3v) is 14.8. The smallest absolute Gasteiger partial charge is 0.326 e. The predicted octanol–water partition coefficient (Wildman–Crippen LogP) is -2.57. The molecule has 30 nitrogen and oxygen atoms in total. The quantitative estimate of drug-likeness (QED) is 0.0130. The number of aromatic amines is 2. The summed E-state index contributed by atoms with van der Waals surface area (Å²) in [4.78, 5) is 159. The summed E-state index contributed by atoms with van der Waals surface area (Å²) in [7, 11) is 0. The van der Waals surface area contributed by atoms with Gasteiger partial charge in [0, 0.05) is 73.0 Å². The monoisotopic (exact) mass is 1200 g/mol. The van der Waals surface area contributed by atoms with E-state index >= 15 is 0 Å². The topological polar surface area (TPSA) is 498 Å². The van der Waals surface area contributed by atoms with Gasteiger partial charge in [-0.2, -0.15) is 0 Å². The van der Waals surface area contributed by atoms with Gasteiger partial charge >= 0.3 is 17.9 Å². The van der Waals surface area contributed by atoms with E-state index in [9.17, 15) is 73.2 Å². The largest absolute Gasteiger partial charge is 0.481 e. The number of H-pyrrole nitrogens is 2. The molecule has 0 bridgehead atoms. The summed E-state index contributed by atoms with van der Waals surface area (Å²) in [5, 5.41) is 68.3. The van der Waals surface area contributed by atoms with Crippen LogP contribution in [0.15, 0.2) is 65.9 Å². The lowest BCUT2D eigenvalue weighted by Crippen LogP contribution is -2.62. The van der Waals surface area contributed by atoms with Gasteiger partial charge in [-0.15, -0.1) is 0 Å². The fraction of sp³-hybridized carbons (Fsp3) is 0.500. The molecule has 0 radical (unpaired) electrons. The second-order valence-corrected chi connectivity index (χ2v) is 21.2. The van der Waals surface area contributed by atoms with Crippen LogP contribution in [0.1, 0.15) is 89.7 Å². The third-order valence-electron chi connectivity index (χ3n) is 14.8. The number of nitrogens with two attached hydrogens (primary N) is 3. The molecule has 0 unspecified atom stereocenters. The molecule has 3 heterocycles. The van der Waals surface area contributed by atoms with Crippen molar-refractivity contribution in [3.63, 3.8) is 0 Å². The fourth-order valence-electron chi connectivity index (χ4n) is 9.81. The van der Waals surface area contributed by atoms with Crippen LogP contribution in [0.25, 0.3) is 21.8 Å². The minimum absolute atomic E-state index is 0.0339. The normalized spacial score (nSPS) is 16.5. The van der Waals surface area contributed by atoms with Crippen LogP contribution in [0.4, 0.5) is 0 Å². The van der Waals surface area contributed by atoms with Crippen LogP contribution in [0.2, 0.25) is 0 Å². The molecule has 86 heavy (non-hydrogen) atoms. The maximum Gasteiger partial charge on any atom is 0.326 e. The van der Waals surface area contributed by atoms with Gasteiger partial charge in [0.25, 0.3) is 0 Å². The predicted molar refractivity (Wildman–Crippen MR) is 310 cm³/mol. The highest BCUT2D eigenvalue weighted by Crippen LogP contribution is 2.24. The maximum atomic E-state index is 14.8. The third kappa shape index (κ3) is 19.2. The van der Waals surface area contributed by atoms with Crippen molar-refractivity contribution in [3.05, 3.63) is 72.1 Å². The van der Waals surface area contributed by atoms with E-state index in [0.29, 0.717) is 28.5 Å². The molecule has 2 aromatic heterocycles. The van der Waals surface area contributed by atoms with Crippen LogP contribution in [0, 0.1) is 5.92 Å². The number of hydrogen-bond acceptors (Lipinski definition) is 15. The number of nitrogens with one attached hydrogen (secondary N) is 9. The number of likely N-dealkylation sites (tertiary alicyclic amines) is 1. The van der Waals surface area contributed by atoms with Crippen molar-refractivity contribution in [2.24, 2.45) is 28.1 Å². The first-order valence-electron chi connectivity index (χ1n) is 28.1. The van der Waals surface area contributed by atoms with Crippen LogP contribution in [-0.2, 0) is 65.6 Å². The number of guanidine groups is 1. The number of fused-ring (bicyclic) bond motifs is 2. The van der Waals surface area contributed by atoms with E-state index in [1.165, 1.54) is 6.92 Å². The van der Waals surface area contributed by atoms with E-state index in [2.05, 4.69) is 52.2 Å². The highest BCUT2D eigenvalue weighted by molar-refractivity contribution is 5.99. The van der Waals surface area contributed by atoms with Crippen molar-refractivity contribution in [1.82, 2.24) is 52.1 Å². The van der Waals surface area contributed by atoms with E-state index in [4.69, 9.17) is 22.3 Å². The van der Waals surface area contributed by atoms with Gasteiger partial charge in [0.05, 0.1) is 18.8 Å². The van der Waals surface area contributed by atoms with Gasteiger partial charge in [0.15, 0.2) is 5.96 Å². The molecule has 0 saturated carbocycles. The van der Waals surface area contributed by atoms with Crippen molar-refractivity contribution >= 4 is 92.9 Å². The van der Waals surface area contributed by atoms with E-state index < -0.39 is 164 Å². The molecule has 2 aromatic carbocycles. The summed E-state index contributed by atoms with van der Waals surface area (Å²) in [5.74, 6) is -12.7. The standard InChI is InChI=1S/C56H78N14O16/c1-4-28(2)45(52(82)67-41(27-71)50(80)64-38(55(85)86)18-20-44(75)76)68-51(81)42-16-10-22-70(42)54(84)37(17-19-43(73)74)63-48(78)39(23-30-25-61-35-14-7-5-11-32(30)35)66-53(83)46(29(3)72)69-49(79)40(24-31-26-62-36-15-8-6-12-33(31)36)65-47(77)34(57)13-9-21-60-56(58)59/h5-8,11-12,14-15,25-26,28-29,34,37-42,45-46,61-62,71-72H,4,9-10,13,16-24,27,57H2,1-3H3,(H,63,78)(H,64,80)(H,65,77)(H,66,83)(H,67,82)(H,68,81)(H,69,79)(H,73,74)(H,75,76)(H,85,86)(H4,58,59,60)/t28-,29+,34-,37-,38-,39-,40-,41-,42-,45-,46-/m0/s1. The number of rotatable bonds is 34. The number of aromatic nitrogens is 2. The van der Waals surface area contributed by atoms with E-state index in [-0.39, 0.29) is 57.6 Å². The molecule has 20 N–H and O–H groups in total. The Kier molecular flexibility index (Phi) is 25.3. The Labute approximate surface area is 493 Å². The van der Waals surface area contributed by atoms with Crippen LogP contribution in [-0.4, -0.2) is 192 Å². The van der Waals surface area contributed by atoms with Crippen LogP contribution >= 0.6 is 0 Å². The number of para-hydroxylation sites is 2. The summed E-state index contributed by atoms with van der Waals surface area (Å²) in [6, 6.07) is 0.442. The molecule has 30 heteroatoms. The Hall–Kier alpha value is -9.16. The summed E-state index contributed by atoms with van der Waals surface area (Å²) >= 11 is 0. The van der Waals surface area contributed by atoms with Gasteiger partial charge in [-0.1, -0.05) is 56.7 Å². The molecule has 0 aliphatic carbocycles. The van der Waals surface area contributed by atoms with Crippen molar-refractivity contribution in [3.8, 4) is 0 Å². The van der Waals surface area contributed by atoms with Crippen LogP contribution < -0.4 is 54.4 Å². The first-order chi connectivity index (χ1) is 40.8. The molecular formula is C56H78N14O16. The molecule has 8 amide bonds. The number of benzene rings is 2. The van der Waals surface area contributed by atoms with Gasteiger partial charge in [-0.05, 0) is 74.6 Å². The van der Waals surface area contributed by atoms with Crippen molar-refractivity contribution in [1.29, 1.82) is 0 Å². The Balaban J connectivity index is 1.39. The molecule has 468 valence electrons. The zero-order valence-electron chi connectivity index (χ0n) is 47.9. The number of carboxylic acids is 3. The summed E-state index contributed by atoms with van der Waals surface area (Å²) in [6.07, 6.45) is -0.152. The van der Waals surface area contributed by atoms with E-state index in [1.54, 1.807) is 74.8 Å². The lowest BCUT2D eigenvalue weighted by Gasteiger charge is -2.32. The van der Waals surface area contributed by atoms with Gasteiger partial charge in [-0.25, -0.2) is 4.79 Å². The van der Waals surface area contributed by atoms with Gasteiger partial charge in [0.1, 0.15) is 48.3 Å². The number of amides is 8. The maximum absolute atomic E-state index is 14.8. The molecule has 0 spiro atoms. The summed E-state index contributed by atoms with van der Waals surface area (Å²) in [6.45, 7) is 3.56. The number of nitrogens with zero attached hydrogens (tertiary/aromatic N) is 2. The second-order valence-electron chi connectivity index (χ2n) is 21.2. The first kappa shape index (κ1) is 67.6. The number of aliphatic imine (C=N–C) groups is 1. The Morgan fingerprint density at radius 2 is 1.13 bits per heavy atom. The number of carbonyl (C=O) groups excluding carboxylic acids is 8. The highest BCUT2D eigenvalue weighted by Gasteiger charge is 2.42. The number of carbonyl (C=O) groups is 11. The van der Waals surface area contributed by atoms with Crippen molar-refractivity contribution < 1.29 is 78.3 Å². The molecule has 1 aliphatic rings. The Morgan fingerprint density at radius 3 is 1.65 bits per heavy atom. The molecule has 4 aromatic rings. The minimum atomic E-state index is -1.79. The minimum Gasteiger partial charge on any atom is -0.481 e. The molecule has 1 saturated heterocycles. The number of aliphatic carboxylic acids is 3. The second kappa shape index (κ2) is 32.2. The van der Waals surface area contributed by atoms with Gasteiger partial charge in [0.2, 0.25) is 47.3 Å². The first-order valence-corrected chi connectivity index (χ1v) is 28.1. The van der Waals surface area contributed by atoms with E-state index in [0.717, 1.165) is 15.8 Å². The summed E-state index contributed by atoms with van der Waals surface area (Å²) < 4.78 is 0. The zero-order valence-corrected chi connectivity index (χ0v) is 47.9. The van der Waals surface area contributed by atoms with Crippen LogP contribution in [0.3, 0.4) is 0 Å². The number of aliphatic hydroxyl groups is 2. The van der Waals surface area contributed by atoms with Crippen molar-refractivity contribution in [2.75, 3.05) is 19.7 Å². The van der Waals surface area contributed by atoms with Gasteiger partial charge < -0.3 is 94.8 Å². The molecule has 1 fully saturated rings. The lowest BCUT2D eigenvalue weighted by atomic mass is 9.97. The van der Waals surface area contributed by atoms with Crippen molar-refractivity contribution in [2.45, 2.75) is 152 Å². The van der Waals surface area contributed by atoms with Gasteiger partial charge in [-0.3, -0.25) is 52.9 Å². The average Bonchev–Trinajstić information content (AvgIpc) is 3.89. The molecule has 1 aliphatic heterocycles. The molecule has 5 rings (SSSR count). The number of hydrogen-bond donors (Lipinski definition) is 17.